The van der Waals surface area contributed by atoms with Crippen LogP contribution in [0.3, 0.4) is 0 Å². The number of esters is 1. The molecular formula is C24H29FO5. The summed E-state index contributed by atoms with van der Waals surface area (Å²) in [5.74, 6) is -1.51. The highest BCUT2D eigenvalue weighted by molar-refractivity contribution is 6.01. The summed E-state index contributed by atoms with van der Waals surface area (Å²) in [6.07, 6.45) is 5.09. The molecule has 162 valence electrons. The van der Waals surface area contributed by atoms with E-state index in [4.69, 9.17) is 4.74 Å². The molecule has 6 unspecified atom stereocenters. The molecular weight excluding hydrogens is 387 g/mol. The van der Waals surface area contributed by atoms with E-state index in [2.05, 4.69) is 0 Å². The van der Waals surface area contributed by atoms with Crippen molar-refractivity contribution in [2.24, 2.45) is 22.7 Å². The molecule has 2 saturated carbocycles. The molecule has 4 rings (SSSR count). The zero-order valence-corrected chi connectivity index (χ0v) is 18.0. The number of allylic oxidation sites excluding steroid dienone is 5. The van der Waals surface area contributed by atoms with E-state index in [9.17, 15) is 19.5 Å². The van der Waals surface area contributed by atoms with Crippen molar-refractivity contribution in [1.82, 2.24) is 0 Å². The van der Waals surface area contributed by atoms with Gasteiger partial charge >= 0.3 is 5.97 Å². The van der Waals surface area contributed by atoms with Gasteiger partial charge in [-0.2, -0.15) is 0 Å². The fraction of sp³-hybridized carbons (Fsp3) is 0.625. The van der Waals surface area contributed by atoms with Crippen molar-refractivity contribution in [3.05, 3.63) is 34.9 Å². The first kappa shape index (κ1) is 21.2. The lowest BCUT2D eigenvalue weighted by Gasteiger charge is -2.61. The van der Waals surface area contributed by atoms with Gasteiger partial charge in [0, 0.05) is 29.2 Å². The minimum Gasteiger partial charge on any atom is -0.457 e. The maximum atomic E-state index is 16.9. The van der Waals surface area contributed by atoms with Crippen LogP contribution in [-0.2, 0) is 19.1 Å². The van der Waals surface area contributed by atoms with Gasteiger partial charge in [0.15, 0.2) is 23.8 Å². The minimum absolute atomic E-state index is 0.119. The lowest BCUT2D eigenvalue weighted by atomic mass is 9.45. The predicted octanol–water partition coefficient (Wildman–Crippen LogP) is 3.42. The summed E-state index contributed by atoms with van der Waals surface area (Å²) in [6, 6.07) is 0. The van der Waals surface area contributed by atoms with E-state index in [1.54, 1.807) is 13.0 Å². The molecule has 0 aromatic heterocycles. The van der Waals surface area contributed by atoms with E-state index in [1.807, 2.05) is 13.8 Å². The van der Waals surface area contributed by atoms with Gasteiger partial charge in [0.1, 0.15) is 0 Å². The number of fused-ring (bicyclic) bond motifs is 5. The Morgan fingerprint density at radius 2 is 2.00 bits per heavy atom. The maximum absolute atomic E-state index is 16.9. The van der Waals surface area contributed by atoms with Crippen LogP contribution in [0.1, 0.15) is 53.4 Å². The highest BCUT2D eigenvalue weighted by Crippen LogP contribution is 2.68. The van der Waals surface area contributed by atoms with E-state index >= 15 is 4.39 Å². The first-order valence-corrected chi connectivity index (χ1v) is 10.6. The fourth-order valence-electron chi connectivity index (χ4n) is 6.94. The van der Waals surface area contributed by atoms with Crippen LogP contribution in [0.4, 0.5) is 4.39 Å². The molecule has 0 aromatic rings. The van der Waals surface area contributed by atoms with E-state index < -0.39 is 34.5 Å². The van der Waals surface area contributed by atoms with Crippen LogP contribution in [0.15, 0.2) is 34.9 Å². The van der Waals surface area contributed by atoms with Gasteiger partial charge in [-0.1, -0.05) is 24.1 Å². The highest BCUT2D eigenvalue weighted by Gasteiger charge is 2.70. The number of aliphatic hydroxyl groups is 1. The Morgan fingerprint density at radius 3 is 2.67 bits per heavy atom. The maximum Gasteiger partial charge on any atom is 0.303 e. The number of alkyl halides is 1. The number of Topliss-reactive ketones (excluding diaryl/α,β-unsaturated/α-hetero) is 1. The molecule has 6 heteroatoms. The summed E-state index contributed by atoms with van der Waals surface area (Å²) in [5, 5.41) is 11.2. The second-order valence-corrected chi connectivity index (χ2v) is 9.83. The molecule has 0 aromatic carbocycles. The normalized spacial score (nSPS) is 42.3. The third kappa shape index (κ3) is 2.65. The SMILES string of the molecule is CC(=O)OCC(=O)C1=C(C)CC2C3CCC4=CC(=O)C=CC4(C)C3(F)C(O)CC12C. The van der Waals surface area contributed by atoms with Crippen LogP contribution in [0.25, 0.3) is 0 Å². The fourth-order valence-corrected chi connectivity index (χ4v) is 6.94. The molecule has 0 aliphatic heterocycles. The topological polar surface area (TPSA) is 80.7 Å². The lowest BCUT2D eigenvalue weighted by molar-refractivity contribution is -0.185. The van der Waals surface area contributed by atoms with Crippen molar-refractivity contribution in [1.29, 1.82) is 0 Å². The minimum atomic E-state index is -1.91. The summed E-state index contributed by atoms with van der Waals surface area (Å²) >= 11 is 0. The molecule has 6 atom stereocenters. The van der Waals surface area contributed by atoms with Crippen LogP contribution in [-0.4, -0.2) is 41.0 Å². The lowest BCUT2D eigenvalue weighted by Crippen LogP contribution is -2.66. The average Bonchev–Trinajstić information content (AvgIpc) is 2.91. The molecule has 4 aliphatic rings. The third-order valence-electron chi connectivity index (χ3n) is 8.24. The zero-order valence-electron chi connectivity index (χ0n) is 18.0. The average molecular weight is 416 g/mol. The van der Waals surface area contributed by atoms with Gasteiger partial charge in [-0.15, -0.1) is 0 Å². The quantitative estimate of drug-likeness (QED) is 0.713. The standard InChI is InChI=1S/C24H29FO5/c1-13-9-18-17-6-5-15-10-16(27)7-8-23(15,4)24(17,25)20(29)11-22(18,3)21(13)19(28)12-30-14(2)26/h7-8,10,17-18,20,29H,5-6,9,11-12H2,1-4H3. The van der Waals surface area contributed by atoms with Crippen LogP contribution in [0.5, 0.6) is 0 Å². The number of aliphatic hydroxyl groups excluding tert-OH is 1. The number of hydrogen-bond acceptors (Lipinski definition) is 5. The summed E-state index contributed by atoms with van der Waals surface area (Å²) in [5.41, 5.74) is -1.42. The van der Waals surface area contributed by atoms with E-state index in [1.165, 1.54) is 19.1 Å². The molecule has 0 heterocycles. The molecule has 2 fully saturated rings. The number of carbonyl (C=O) groups excluding carboxylic acids is 3. The van der Waals surface area contributed by atoms with Gasteiger partial charge in [-0.3, -0.25) is 14.4 Å². The molecule has 0 bridgehead atoms. The third-order valence-corrected chi connectivity index (χ3v) is 8.24. The van der Waals surface area contributed by atoms with Gasteiger partial charge in [0.25, 0.3) is 0 Å². The number of rotatable bonds is 3. The van der Waals surface area contributed by atoms with Crippen LogP contribution >= 0.6 is 0 Å². The molecule has 0 saturated heterocycles. The largest absolute Gasteiger partial charge is 0.457 e. The number of ether oxygens (including phenoxy) is 1. The van der Waals surface area contributed by atoms with E-state index in [0.29, 0.717) is 24.8 Å². The van der Waals surface area contributed by atoms with Gasteiger partial charge in [0.05, 0.1) is 6.10 Å². The number of hydrogen-bond donors (Lipinski definition) is 1. The molecule has 0 spiro atoms. The second kappa shape index (κ2) is 6.71. The van der Waals surface area contributed by atoms with Crippen molar-refractivity contribution in [2.75, 3.05) is 6.61 Å². The Kier molecular flexibility index (Phi) is 4.73. The van der Waals surface area contributed by atoms with Crippen LogP contribution < -0.4 is 0 Å². The molecule has 1 N–H and O–H groups in total. The Bertz CT molecular complexity index is 930. The van der Waals surface area contributed by atoms with Crippen LogP contribution in [0.2, 0.25) is 0 Å². The van der Waals surface area contributed by atoms with Gasteiger partial charge in [-0.25, -0.2) is 4.39 Å². The van der Waals surface area contributed by atoms with Crippen molar-refractivity contribution in [2.45, 2.75) is 65.2 Å². The van der Waals surface area contributed by atoms with E-state index in [-0.39, 0.29) is 30.5 Å². The van der Waals surface area contributed by atoms with Crippen molar-refractivity contribution in [3.8, 4) is 0 Å². The predicted molar refractivity (Wildman–Crippen MR) is 108 cm³/mol. The van der Waals surface area contributed by atoms with Gasteiger partial charge in [0.2, 0.25) is 0 Å². The summed E-state index contributed by atoms with van der Waals surface area (Å²) in [6.45, 7) is 6.52. The molecule has 0 amide bonds. The van der Waals surface area contributed by atoms with Crippen LogP contribution in [0, 0.1) is 22.7 Å². The van der Waals surface area contributed by atoms with E-state index in [0.717, 1.165) is 11.1 Å². The summed E-state index contributed by atoms with van der Waals surface area (Å²) in [7, 11) is 0. The molecule has 0 radical (unpaired) electrons. The van der Waals surface area contributed by atoms with Gasteiger partial charge < -0.3 is 9.84 Å². The molecule has 30 heavy (non-hydrogen) atoms. The Labute approximate surface area is 176 Å². The first-order chi connectivity index (χ1) is 13.9. The molecule has 4 aliphatic carbocycles. The highest BCUT2D eigenvalue weighted by atomic mass is 19.1. The number of halogens is 1. The number of ketones is 2. The van der Waals surface area contributed by atoms with Crippen molar-refractivity contribution >= 4 is 17.5 Å². The Balaban J connectivity index is 1.72. The smallest absolute Gasteiger partial charge is 0.303 e. The van der Waals surface area contributed by atoms with Crippen molar-refractivity contribution < 1.29 is 28.6 Å². The zero-order chi connectivity index (χ0) is 22.1. The Hall–Kier alpha value is -2.08. The monoisotopic (exact) mass is 416 g/mol. The summed E-state index contributed by atoms with van der Waals surface area (Å²) < 4.78 is 21.9. The summed E-state index contributed by atoms with van der Waals surface area (Å²) in [4.78, 5) is 36.0. The molecule has 5 nitrogen and oxygen atoms in total. The van der Waals surface area contributed by atoms with Crippen molar-refractivity contribution in [3.63, 3.8) is 0 Å². The Morgan fingerprint density at radius 1 is 1.30 bits per heavy atom. The number of carbonyl (C=O) groups is 3. The first-order valence-electron chi connectivity index (χ1n) is 10.6. The van der Waals surface area contributed by atoms with Gasteiger partial charge in [-0.05, 0) is 57.6 Å². The second-order valence-electron chi connectivity index (χ2n) is 9.83.